The van der Waals surface area contributed by atoms with E-state index < -0.39 is 0 Å². The van der Waals surface area contributed by atoms with E-state index in [-0.39, 0.29) is 0 Å². The molecule has 0 saturated heterocycles. The zero-order chi connectivity index (χ0) is 12.8. The number of methoxy groups -OCH3 is 1. The number of aromatic nitrogens is 3. The van der Waals surface area contributed by atoms with E-state index in [1.54, 1.807) is 7.11 Å². The summed E-state index contributed by atoms with van der Waals surface area (Å²) in [6, 6.07) is 0.764. The lowest BCUT2D eigenvalue weighted by Gasteiger charge is -2.21. The van der Waals surface area contributed by atoms with Crippen molar-refractivity contribution >= 4 is 0 Å². The molecule has 0 spiro atoms. The maximum Gasteiger partial charge on any atom is 0.0964 e. The molecule has 18 heavy (non-hydrogen) atoms. The summed E-state index contributed by atoms with van der Waals surface area (Å²) in [4.78, 5) is 2.49. The van der Waals surface area contributed by atoms with E-state index in [0.717, 1.165) is 44.5 Å². The summed E-state index contributed by atoms with van der Waals surface area (Å²) < 4.78 is 7.08. The van der Waals surface area contributed by atoms with Crippen molar-refractivity contribution < 1.29 is 4.74 Å². The number of nitrogens with one attached hydrogen (secondary N) is 1. The van der Waals surface area contributed by atoms with E-state index in [1.165, 1.54) is 12.8 Å². The molecule has 6 heteroatoms. The third-order valence-electron chi connectivity index (χ3n) is 3.21. The lowest BCUT2D eigenvalue weighted by atomic mass is 10.4. The zero-order valence-corrected chi connectivity index (χ0v) is 11.3. The lowest BCUT2D eigenvalue weighted by molar-refractivity contribution is 0.140. The first-order valence-electron chi connectivity index (χ1n) is 6.60. The standard InChI is InChI=1S/C12H23N5O/c1-13-9-11-10-17(15-14-11)6-5-16(7-8-18-2)12-3-4-12/h10,12-13H,3-9H2,1-2H3. The van der Waals surface area contributed by atoms with Crippen molar-refractivity contribution in [1.29, 1.82) is 0 Å². The highest BCUT2D eigenvalue weighted by Crippen LogP contribution is 2.26. The predicted octanol–water partition coefficient (Wildman–Crippen LogP) is 0.108. The summed E-state index contributed by atoms with van der Waals surface area (Å²) >= 11 is 0. The van der Waals surface area contributed by atoms with Crippen molar-refractivity contribution in [1.82, 2.24) is 25.2 Å². The molecule has 6 nitrogen and oxygen atoms in total. The van der Waals surface area contributed by atoms with E-state index in [9.17, 15) is 0 Å². The molecule has 0 atom stereocenters. The second-order valence-electron chi connectivity index (χ2n) is 4.76. The summed E-state index contributed by atoms with van der Waals surface area (Å²) in [7, 11) is 3.67. The van der Waals surface area contributed by atoms with Gasteiger partial charge in [0.05, 0.1) is 18.8 Å². The van der Waals surface area contributed by atoms with Gasteiger partial charge in [-0.15, -0.1) is 5.10 Å². The fourth-order valence-electron chi connectivity index (χ4n) is 2.07. The molecular weight excluding hydrogens is 230 g/mol. The van der Waals surface area contributed by atoms with E-state index in [2.05, 4.69) is 20.5 Å². The number of hydrogen-bond donors (Lipinski definition) is 1. The monoisotopic (exact) mass is 253 g/mol. The van der Waals surface area contributed by atoms with Gasteiger partial charge in [-0.2, -0.15) is 0 Å². The first kappa shape index (κ1) is 13.5. The molecule has 1 fully saturated rings. The van der Waals surface area contributed by atoms with Crippen LogP contribution in [0.2, 0.25) is 0 Å². The molecular formula is C12H23N5O. The second-order valence-corrected chi connectivity index (χ2v) is 4.76. The summed E-state index contributed by atoms with van der Waals surface area (Å²) in [6.07, 6.45) is 4.66. The van der Waals surface area contributed by atoms with Crippen LogP contribution in [0.1, 0.15) is 18.5 Å². The van der Waals surface area contributed by atoms with E-state index in [1.807, 2.05) is 17.9 Å². The van der Waals surface area contributed by atoms with Gasteiger partial charge in [-0.05, 0) is 19.9 Å². The molecule has 1 aliphatic carbocycles. The Hall–Kier alpha value is -0.980. The maximum absolute atomic E-state index is 5.15. The van der Waals surface area contributed by atoms with Crippen molar-refractivity contribution in [3.63, 3.8) is 0 Å². The summed E-state index contributed by atoms with van der Waals surface area (Å²) in [6.45, 7) is 4.52. The Kier molecular flexibility index (Phi) is 5.10. The van der Waals surface area contributed by atoms with Crippen molar-refractivity contribution in [2.45, 2.75) is 32.0 Å². The molecule has 0 aromatic carbocycles. The first-order valence-corrected chi connectivity index (χ1v) is 6.60. The Balaban J connectivity index is 1.76. The van der Waals surface area contributed by atoms with Crippen LogP contribution in [0.5, 0.6) is 0 Å². The first-order chi connectivity index (χ1) is 8.83. The van der Waals surface area contributed by atoms with Crippen molar-refractivity contribution in [2.75, 3.05) is 33.9 Å². The van der Waals surface area contributed by atoms with Gasteiger partial charge in [0.25, 0.3) is 0 Å². The molecule has 0 radical (unpaired) electrons. The topological polar surface area (TPSA) is 55.2 Å². The average Bonchev–Trinajstić information content (AvgIpc) is 3.11. The molecule has 1 aliphatic rings. The summed E-state index contributed by atoms with van der Waals surface area (Å²) in [5.74, 6) is 0. The smallest absolute Gasteiger partial charge is 0.0964 e. The van der Waals surface area contributed by atoms with Crippen LogP contribution in [0.4, 0.5) is 0 Å². The highest BCUT2D eigenvalue weighted by molar-refractivity contribution is 4.91. The molecule has 1 heterocycles. The highest BCUT2D eigenvalue weighted by atomic mass is 16.5. The Bertz CT molecular complexity index is 350. The van der Waals surface area contributed by atoms with Crippen LogP contribution >= 0.6 is 0 Å². The van der Waals surface area contributed by atoms with Gasteiger partial charge in [0, 0.05) is 39.0 Å². The molecule has 102 valence electrons. The number of ether oxygens (including phenoxy) is 1. The van der Waals surface area contributed by atoms with E-state index in [4.69, 9.17) is 4.74 Å². The Morgan fingerprint density at radius 3 is 3.00 bits per heavy atom. The van der Waals surface area contributed by atoms with Gasteiger partial charge < -0.3 is 10.1 Å². The van der Waals surface area contributed by atoms with Crippen LogP contribution < -0.4 is 5.32 Å². The van der Waals surface area contributed by atoms with Crippen LogP contribution in [0, 0.1) is 0 Å². The molecule has 2 rings (SSSR count). The van der Waals surface area contributed by atoms with Crippen LogP contribution in [0.25, 0.3) is 0 Å². The lowest BCUT2D eigenvalue weighted by Crippen LogP contribution is -2.32. The molecule has 1 saturated carbocycles. The average molecular weight is 253 g/mol. The zero-order valence-electron chi connectivity index (χ0n) is 11.3. The van der Waals surface area contributed by atoms with Gasteiger partial charge in [0.1, 0.15) is 0 Å². The Morgan fingerprint density at radius 2 is 2.33 bits per heavy atom. The summed E-state index contributed by atoms with van der Waals surface area (Å²) in [5.41, 5.74) is 0.993. The molecule has 0 bridgehead atoms. The molecule has 1 N–H and O–H groups in total. The van der Waals surface area contributed by atoms with Crippen molar-refractivity contribution in [2.24, 2.45) is 0 Å². The van der Waals surface area contributed by atoms with Gasteiger partial charge in [0.2, 0.25) is 0 Å². The molecule has 0 amide bonds. The number of hydrogen-bond acceptors (Lipinski definition) is 5. The molecule has 0 unspecified atom stereocenters. The third-order valence-corrected chi connectivity index (χ3v) is 3.21. The highest BCUT2D eigenvalue weighted by Gasteiger charge is 2.28. The maximum atomic E-state index is 5.15. The largest absolute Gasteiger partial charge is 0.383 e. The Labute approximate surface area is 108 Å². The van der Waals surface area contributed by atoms with Gasteiger partial charge in [-0.25, -0.2) is 0 Å². The van der Waals surface area contributed by atoms with E-state index >= 15 is 0 Å². The SMILES string of the molecule is CNCc1cn(CCN(CCOC)C2CC2)nn1. The van der Waals surface area contributed by atoms with Crippen molar-refractivity contribution in [3.05, 3.63) is 11.9 Å². The predicted molar refractivity (Wildman–Crippen MR) is 69.3 cm³/mol. The van der Waals surface area contributed by atoms with Gasteiger partial charge >= 0.3 is 0 Å². The molecule has 1 aromatic heterocycles. The summed E-state index contributed by atoms with van der Waals surface area (Å²) in [5, 5.41) is 11.3. The van der Waals surface area contributed by atoms with Gasteiger partial charge in [0.15, 0.2) is 0 Å². The third kappa shape index (κ3) is 4.04. The minimum atomic E-state index is 0.764. The van der Waals surface area contributed by atoms with E-state index in [0.29, 0.717) is 0 Å². The van der Waals surface area contributed by atoms with Crippen LogP contribution in [-0.2, 0) is 17.8 Å². The van der Waals surface area contributed by atoms with Crippen LogP contribution in [0.3, 0.4) is 0 Å². The van der Waals surface area contributed by atoms with Gasteiger partial charge in [-0.3, -0.25) is 9.58 Å². The number of rotatable bonds is 9. The Morgan fingerprint density at radius 1 is 1.50 bits per heavy atom. The molecule has 0 aliphatic heterocycles. The second kappa shape index (κ2) is 6.82. The van der Waals surface area contributed by atoms with Crippen LogP contribution in [0.15, 0.2) is 6.20 Å². The van der Waals surface area contributed by atoms with Crippen molar-refractivity contribution in [3.8, 4) is 0 Å². The normalized spacial score (nSPS) is 15.5. The molecule has 1 aromatic rings. The quantitative estimate of drug-likeness (QED) is 0.677. The van der Waals surface area contributed by atoms with Crippen LogP contribution in [-0.4, -0.2) is 59.8 Å². The minimum Gasteiger partial charge on any atom is -0.383 e. The fraction of sp³-hybridized carbons (Fsp3) is 0.833. The minimum absolute atomic E-state index is 0.764. The van der Waals surface area contributed by atoms with Gasteiger partial charge in [-0.1, -0.05) is 5.21 Å². The fourth-order valence-corrected chi connectivity index (χ4v) is 2.07. The number of nitrogens with zero attached hydrogens (tertiary/aromatic N) is 4.